The van der Waals surface area contributed by atoms with Crippen molar-refractivity contribution in [2.24, 2.45) is 0 Å². The van der Waals surface area contributed by atoms with Gasteiger partial charge in [-0.1, -0.05) is 52.0 Å². The Morgan fingerprint density at radius 3 is 2.61 bits per heavy atom. The first-order valence-corrected chi connectivity index (χ1v) is 11.3. The van der Waals surface area contributed by atoms with Crippen LogP contribution in [0.3, 0.4) is 0 Å². The number of hydrogen-bond acceptors (Lipinski definition) is 4. The Balaban J connectivity index is 1.88. The van der Waals surface area contributed by atoms with E-state index in [4.69, 9.17) is 0 Å². The molecule has 168 valence electrons. The van der Waals surface area contributed by atoms with E-state index in [2.05, 4.69) is 85.9 Å². The molecule has 0 aliphatic carbocycles. The molecule has 0 saturated carbocycles. The average Bonchev–Trinajstić information content (AvgIpc) is 2.77. The van der Waals surface area contributed by atoms with Crippen LogP contribution in [0.2, 0.25) is 0 Å². The summed E-state index contributed by atoms with van der Waals surface area (Å²) in [7, 11) is 2.08. The number of benzene rings is 1. The van der Waals surface area contributed by atoms with Crippen molar-refractivity contribution in [3.63, 3.8) is 0 Å². The van der Waals surface area contributed by atoms with Gasteiger partial charge in [-0.15, -0.1) is 0 Å². The fourth-order valence-electron chi connectivity index (χ4n) is 3.82. The second-order valence-corrected chi connectivity index (χ2v) is 8.24. The third-order valence-electron chi connectivity index (χ3n) is 5.92. The minimum absolute atomic E-state index is 0.206. The van der Waals surface area contributed by atoms with Crippen molar-refractivity contribution in [3.05, 3.63) is 79.3 Å². The third kappa shape index (κ3) is 7.09. The topological polar surface area (TPSA) is 39.3 Å². The van der Waals surface area contributed by atoms with E-state index in [1.165, 1.54) is 12.8 Å². The Hall–Kier alpha value is -2.88. The summed E-state index contributed by atoms with van der Waals surface area (Å²) < 4.78 is 0. The van der Waals surface area contributed by atoms with Crippen LogP contribution >= 0.6 is 0 Å². The number of hydrogen-bond donors (Lipinski definition) is 3. The molecule has 1 aliphatic rings. The molecular formula is C27H40N4. The lowest BCUT2D eigenvalue weighted by atomic mass is 9.97. The lowest BCUT2D eigenvalue weighted by Crippen LogP contribution is -2.39. The van der Waals surface area contributed by atoms with Crippen LogP contribution in [0.1, 0.15) is 56.6 Å². The fourth-order valence-corrected chi connectivity index (χ4v) is 3.82. The highest BCUT2D eigenvalue weighted by Crippen LogP contribution is 2.30. The minimum atomic E-state index is 0.206. The van der Waals surface area contributed by atoms with Crippen LogP contribution in [0, 0.1) is 0 Å². The summed E-state index contributed by atoms with van der Waals surface area (Å²) in [4.78, 5) is 2.21. The molecule has 4 heteroatoms. The number of anilines is 1. The molecule has 4 nitrogen and oxygen atoms in total. The molecule has 0 amide bonds. The molecule has 1 heterocycles. The monoisotopic (exact) mass is 420 g/mol. The van der Waals surface area contributed by atoms with Crippen molar-refractivity contribution in [2.75, 3.05) is 25.5 Å². The molecule has 1 aliphatic heterocycles. The second-order valence-electron chi connectivity index (χ2n) is 8.24. The first-order valence-electron chi connectivity index (χ1n) is 11.3. The number of likely N-dealkylation sites (N-methyl/N-ethyl adjacent to an activating group) is 1. The molecule has 1 atom stereocenters. The number of rotatable bonds is 13. The number of allylic oxidation sites excluding steroid dienone is 2. The van der Waals surface area contributed by atoms with Crippen LogP contribution < -0.4 is 16.0 Å². The highest BCUT2D eigenvalue weighted by molar-refractivity contribution is 5.74. The summed E-state index contributed by atoms with van der Waals surface area (Å²) in [5.74, 6) is 0. The van der Waals surface area contributed by atoms with Gasteiger partial charge in [0.2, 0.25) is 0 Å². The van der Waals surface area contributed by atoms with Crippen LogP contribution in [-0.2, 0) is 0 Å². The molecule has 1 fully saturated rings. The lowest BCUT2D eigenvalue weighted by Gasteiger charge is -2.37. The minimum Gasteiger partial charge on any atom is -0.389 e. The SMILES string of the molecule is C=Cc1cc(NCCCCCNC(=C)CC)ccc1C(=C)N(C)C1CCC(=C)NC1=C. The number of piperidine rings is 1. The van der Waals surface area contributed by atoms with Crippen LogP contribution in [0.15, 0.2) is 68.2 Å². The molecule has 3 N–H and O–H groups in total. The zero-order valence-corrected chi connectivity index (χ0v) is 19.5. The van der Waals surface area contributed by atoms with Gasteiger partial charge in [-0.2, -0.15) is 0 Å². The Kier molecular flexibility index (Phi) is 9.51. The van der Waals surface area contributed by atoms with Crippen molar-refractivity contribution >= 4 is 17.5 Å². The van der Waals surface area contributed by atoms with E-state index in [0.717, 1.165) is 78.4 Å². The van der Waals surface area contributed by atoms with Gasteiger partial charge in [0.15, 0.2) is 0 Å². The normalized spacial score (nSPS) is 15.7. The summed E-state index contributed by atoms with van der Waals surface area (Å²) in [6, 6.07) is 6.63. The Bertz CT molecular complexity index is 821. The maximum Gasteiger partial charge on any atom is 0.0686 e. The first kappa shape index (κ1) is 24.4. The van der Waals surface area contributed by atoms with Gasteiger partial charge in [0.1, 0.15) is 0 Å². The van der Waals surface area contributed by atoms with Crippen LogP contribution in [-0.4, -0.2) is 31.1 Å². The maximum absolute atomic E-state index is 4.37. The van der Waals surface area contributed by atoms with E-state index >= 15 is 0 Å². The van der Waals surface area contributed by atoms with E-state index < -0.39 is 0 Å². The zero-order valence-electron chi connectivity index (χ0n) is 19.5. The van der Waals surface area contributed by atoms with Crippen LogP contribution in [0.4, 0.5) is 5.69 Å². The summed E-state index contributed by atoms with van der Waals surface area (Å²) in [5, 5.41) is 10.2. The lowest BCUT2D eigenvalue weighted by molar-refractivity contribution is 0.341. The number of unbranched alkanes of at least 4 members (excludes halogenated alkanes) is 2. The molecule has 0 spiro atoms. The highest BCUT2D eigenvalue weighted by atomic mass is 15.2. The Morgan fingerprint density at radius 2 is 1.94 bits per heavy atom. The third-order valence-corrected chi connectivity index (χ3v) is 5.92. The van der Waals surface area contributed by atoms with Gasteiger partial charge >= 0.3 is 0 Å². The molecule has 1 aromatic rings. The molecule has 0 aromatic heterocycles. The molecular weight excluding hydrogens is 380 g/mol. The van der Waals surface area contributed by atoms with Gasteiger partial charge < -0.3 is 20.9 Å². The van der Waals surface area contributed by atoms with Gasteiger partial charge in [-0.05, 0) is 56.2 Å². The average molecular weight is 421 g/mol. The quantitative estimate of drug-likeness (QED) is 0.337. The molecule has 1 unspecified atom stereocenters. The Labute approximate surface area is 189 Å². The summed E-state index contributed by atoms with van der Waals surface area (Å²) in [6.07, 6.45) is 8.33. The van der Waals surface area contributed by atoms with Gasteiger partial charge in [-0.25, -0.2) is 0 Å². The molecule has 1 saturated heterocycles. The number of nitrogens with zero attached hydrogens (tertiary/aromatic N) is 1. The van der Waals surface area contributed by atoms with Gasteiger partial charge in [-0.3, -0.25) is 0 Å². The summed E-state index contributed by atoms with van der Waals surface area (Å²) in [5.41, 5.74) is 7.41. The van der Waals surface area contributed by atoms with Crippen LogP contribution in [0.5, 0.6) is 0 Å². The van der Waals surface area contributed by atoms with E-state index in [9.17, 15) is 0 Å². The van der Waals surface area contributed by atoms with Crippen molar-refractivity contribution in [1.29, 1.82) is 0 Å². The van der Waals surface area contributed by atoms with Crippen molar-refractivity contribution < 1.29 is 0 Å². The number of nitrogens with one attached hydrogen (secondary N) is 3. The van der Waals surface area contributed by atoms with Gasteiger partial charge in [0, 0.05) is 54.2 Å². The van der Waals surface area contributed by atoms with Crippen LogP contribution in [0.25, 0.3) is 11.8 Å². The van der Waals surface area contributed by atoms with E-state index in [1.54, 1.807) is 0 Å². The zero-order chi connectivity index (χ0) is 22.8. The fraction of sp³-hybridized carbons (Fsp3) is 0.407. The molecule has 2 rings (SSSR count). The second kappa shape index (κ2) is 12.1. The molecule has 31 heavy (non-hydrogen) atoms. The van der Waals surface area contributed by atoms with Crippen molar-refractivity contribution in [3.8, 4) is 0 Å². The highest BCUT2D eigenvalue weighted by Gasteiger charge is 2.24. The molecule has 0 radical (unpaired) electrons. The smallest absolute Gasteiger partial charge is 0.0686 e. The van der Waals surface area contributed by atoms with E-state index in [0.29, 0.717) is 0 Å². The summed E-state index contributed by atoms with van der Waals surface area (Å²) >= 11 is 0. The molecule has 1 aromatic carbocycles. The standard InChI is InChI=1S/C27H40N4/c1-8-20(3)28-17-11-10-12-18-29-25-14-15-26(24(9-2)19-25)23(6)31(7)27-16-13-21(4)30-22(27)5/h9,14-15,19,27-30H,2-6,8,10-13,16-18H2,1,7H3. The Morgan fingerprint density at radius 1 is 1.19 bits per heavy atom. The predicted octanol–water partition coefficient (Wildman–Crippen LogP) is 6.11. The van der Waals surface area contributed by atoms with E-state index in [1.807, 2.05) is 6.08 Å². The molecule has 0 bridgehead atoms. The largest absolute Gasteiger partial charge is 0.389 e. The van der Waals surface area contributed by atoms with Gasteiger partial charge in [0.25, 0.3) is 0 Å². The van der Waals surface area contributed by atoms with Gasteiger partial charge in [0.05, 0.1) is 6.04 Å². The van der Waals surface area contributed by atoms with E-state index in [-0.39, 0.29) is 6.04 Å². The maximum atomic E-state index is 4.37. The van der Waals surface area contributed by atoms with Crippen molar-refractivity contribution in [2.45, 2.75) is 51.5 Å². The predicted molar refractivity (Wildman–Crippen MR) is 138 cm³/mol. The first-order chi connectivity index (χ1) is 14.9. The van der Waals surface area contributed by atoms with Crippen molar-refractivity contribution in [1.82, 2.24) is 15.5 Å². The summed E-state index contributed by atoms with van der Waals surface area (Å²) in [6.45, 7) is 24.6.